The molecule has 0 radical (unpaired) electrons. The maximum Gasteiger partial charge on any atom is 0.424 e. The van der Waals surface area contributed by atoms with Crippen molar-refractivity contribution >= 4 is 29.0 Å². The molecule has 0 bridgehead atoms. The average molecular weight is 686 g/mol. The fraction of sp³-hybridized carbons (Fsp3) is 0.368. The molecule has 50 heavy (non-hydrogen) atoms. The molecule has 4 aromatic rings. The number of piperazine rings is 1. The lowest BCUT2D eigenvalue weighted by atomic mass is 10.1. The van der Waals surface area contributed by atoms with Gasteiger partial charge in [0, 0.05) is 68.9 Å². The number of ether oxygens (including phenoxy) is 6. The van der Waals surface area contributed by atoms with E-state index in [2.05, 4.69) is 27.1 Å². The average Bonchev–Trinajstić information content (AvgIpc) is 3.13. The zero-order valence-corrected chi connectivity index (χ0v) is 29.9. The number of aromatic nitrogens is 1. The number of carbonyl (C=O) groups is 1. The van der Waals surface area contributed by atoms with Crippen LogP contribution in [0.15, 0.2) is 66.9 Å². The molecule has 0 unspecified atom stereocenters. The number of benzene rings is 3. The molecule has 2 heterocycles. The highest BCUT2D eigenvalue weighted by atomic mass is 16.6. The Morgan fingerprint density at radius 2 is 1.50 bits per heavy atom. The van der Waals surface area contributed by atoms with Crippen LogP contribution in [0.2, 0.25) is 0 Å². The van der Waals surface area contributed by atoms with Crippen LogP contribution in [0.3, 0.4) is 0 Å². The standard InChI is InChI=1S/C38H47N5O7/c1-26-10-8-11-27(2)36(26)50-38(44)43(31-13-12-30(45-4)25-32(31)46-5)29-14-15-39-35(24-29)40-28-22-33(47-6)37(34(23-28)48-7)49-21-9-16-42-19-17-41(3)18-20-42/h8,10-15,22-25H,9,16-21H2,1-7H3,(H,39,40). The first-order chi connectivity index (χ1) is 24.2. The largest absolute Gasteiger partial charge is 0.497 e. The Hall–Kier alpha value is -5.20. The molecule has 0 saturated carbocycles. The van der Waals surface area contributed by atoms with Gasteiger partial charge < -0.3 is 43.5 Å². The van der Waals surface area contributed by atoms with Gasteiger partial charge in [-0.3, -0.25) is 0 Å². The first kappa shape index (κ1) is 36.1. The number of amides is 1. The fourth-order valence-corrected chi connectivity index (χ4v) is 5.81. The minimum atomic E-state index is -0.625. The Morgan fingerprint density at radius 1 is 0.820 bits per heavy atom. The molecular formula is C38H47N5O7. The molecule has 1 fully saturated rings. The van der Waals surface area contributed by atoms with Gasteiger partial charge in [-0.2, -0.15) is 0 Å². The van der Waals surface area contributed by atoms with Gasteiger partial charge in [0.05, 0.1) is 46.4 Å². The summed E-state index contributed by atoms with van der Waals surface area (Å²) in [7, 11) is 8.45. The van der Waals surface area contributed by atoms with Crippen LogP contribution >= 0.6 is 0 Å². The summed E-state index contributed by atoms with van der Waals surface area (Å²) >= 11 is 0. The first-order valence-corrected chi connectivity index (χ1v) is 16.6. The minimum Gasteiger partial charge on any atom is -0.497 e. The maximum absolute atomic E-state index is 14.1. The van der Waals surface area contributed by atoms with Crippen molar-refractivity contribution in [1.29, 1.82) is 0 Å². The van der Waals surface area contributed by atoms with E-state index in [0.717, 1.165) is 50.3 Å². The molecule has 1 aliphatic rings. The quantitative estimate of drug-likeness (QED) is 0.141. The van der Waals surface area contributed by atoms with E-state index in [-0.39, 0.29) is 0 Å². The number of hydrogen-bond acceptors (Lipinski definition) is 11. The van der Waals surface area contributed by atoms with Crippen LogP contribution in [0.5, 0.6) is 34.5 Å². The lowest BCUT2D eigenvalue weighted by Crippen LogP contribution is -2.44. The third kappa shape index (κ3) is 8.68. The smallest absolute Gasteiger partial charge is 0.424 e. The number of para-hydroxylation sites is 1. The van der Waals surface area contributed by atoms with Crippen LogP contribution in [-0.2, 0) is 0 Å². The Balaban J connectivity index is 1.40. The van der Waals surface area contributed by atoms with E-state index in [0.29, 0.717) is 64.0 Å². The highest BCUT2D eigenvalue weighted by molar-refractivity contribution is 5.99. The van der Waals surface area contributed by atoms with Crippen molar-refractivity contribution in [3.8, 4) is 34.5 Å². The summed E-state index contributed by atoms with van der Waals surface area (Å²) in [6.45, 7) is 9.59. The highest BCUT2D eigenvalue weighted by Gasteiger charge is 2.26. The number of hydrogen-bond donors (Lipinski definition) is 1. The Kier molecular flexibility index (Phi) is 12.2. The van der Waals surface area contributed by atoms with E-state index in [9.17, 15) is 4.79 Å². The van der Waals surface area contributed by atoms with Crippen molar-refractivity contribution in [3.63, 3.8) is 0 Å². The van der Waals surface area contributed by atoms with Gasteiger partial charge >= 0.3 is 6.09 Å². The Labute approximate surface area is 294 Å². The molecule has 5 rings (SSSR count). The Bertz CT molecular complexity index is 1710. The van der Waals surface area contributed by atoms with E-state index < -0.39 is 6.09 Å². The van der Waals surface area contributed by atoms with E-state index in [4.69, 9.17) is 28.4 Å². The zero-order valence-electron chi connectivity index (χ0n) is 29.9. The van der Waals surface area contributed by atoms with Crippen LogP contribution in [0.25, 0.3) is 0 Å². The number of nitrogens with zero attached hydrogens (tertiary/aromatic N) is 4. The minimum absolute atomic E-state index is 0.419. The number of nitrogens with one attached hydrogen (secondary N) is 1. The van der Waals surface area contributed by atoms with Crippen LogP contribution < -0.4 is 38.6 Å². The number of methoxy groups -OCH3 is 4. The van der Waals surface area contributed by atoms with Crippen molar-refractivity contribution in [2.75, 3.05) is 85.0 Å². The molecule has 3 aromatic carbocycles. The predicted molar refractivity (Wildman–Crippen MR) is 195 cm³/mol. The van der Waals surface area contributed by atoms with Crippen molar-refractivity contribution in [2.45, 2.75) is 20.3 Å². The molecule has 0 atom stereocenters. The molecule has 1 aromatic heterocycles. The van der Waals surface area contributed by atoms with Crippen molar-refractivity contribution in [3.05, 3.63) is 78.0 Å². The molecule has 1 amide bonds. The first-order valence-electron chi connectivity index (χ1n) is 16.6. The molecule has 1 saturated heterocycles. The summed E-state index contributed by atoms with van der Waals surface area (Å²) in [6, 6.07) is 18.1. The van der Waals surface area contributed by atoms with Gasteiger partial charge in [-0.15, -0.1) is 0 Å². The van der Waals surface area contributed by atoms with Crippen LogP contribution in [0.1, 0.15) is 17.5 Å². The van der Waals surface area contributed by atoms with Gasteiger partial charge in [-0.1, -0.05) is 18.2 Å². The fourth-order valence-electron chi connectivity index (χ4n) is 5.81. The predicted octanol–water partition coefficient (Wildman–Crippen LogP) is 6.83. The summed E-state index contributed by atoms with van der Waals surface area (Å²) in [5.74, 6) is 3.52. The summed E-state index contributed by atoms with van der Waals surface area (Å²) in [5, 5.41) is 3.33. The molecule has 12 heteroatoms. The molecule has 1 aliphatic heterocycles. The van der Waals surface area contributed by atoms with Crippen molar-refractivity contribution in [2.24, 2.45) is 0 Å². The molecule has 0 aliphatic carbocycles. The highest BCUT2D eigenvalue weighted by Crippen LogP contribution is 2.42. The van der Waals surface area contributed by atoms with Gasteiger partial charge in [-0.05, 0) is 56.6 Å². The zero-order chi connectivity index (χ0) is 35.6. The summed E-state index contributed by atoms with van der Waals surface area (Å²) in [5.41, 5.74) is 3.27. The van der Waals surface area contributed by atoms with E-state index in [1.165, 1.54) is 12.0 Å². The second kappa shape index (κ2) is 17.0. The normalized spacial score (nSPS) is 13.3. The van der Waals surface area contributed by atoms with Gasteiger partial charge in [0.2, 0.25) is 5.75 Å². The van der Waals surface area contributed by atoms with Gasteiger partial charge in [0.15, 0.2) is 11.5 Å². The number of rotatable bonds is 14. The molecular weight excluding hydrogens is 638 g/mol. The maximum atomic E-state index is 14.1. The molecule has 0 spiro atoms. The van der Waals surface area contributed by atoms with Crippen molar-refractivity contribution in [1.82, 2.24) is 14.8 Å². The lowest BCUT2D eigenvalue weighted by Gasteiger charge is -2.32. The van der Waals surface area contributed by atoms with Crippen molar-refractivity contribution < 1.29 is 33.2 Å². The summed E-state index contributed by atoms with van der Waals surface area (Å²) < 4.78 is 34.7. The van der Waals surface area contributed by atoms with E-state index >= 15 is 0 Å². The third-order valence-electron chi connectivity index (χ3n) is 8.60. The Morgan fingerprint density at radius 3 is 2.14 bits per heavy atom. The second-order valence-electron chi connectivity index (χ2n) is 12.0. The van der Waals surface area contributed by atoms with Gasteiger partial charge in [0.1, 0.15) is 23.1 Å². The third-order valence-corrected chi connectivity index (χ3v) is 8.60. The van der Waals surface area contributed by atoms with Crippen LogP contribution in [-0.4, -0.2) is 95.7 Å². The van der Waals surface area contributed by atoms with Gasteiger partial charge in [0.25, 0.3) is 0 Å². The van der Waals surface area contributed by atoms with Gasteiger partial charge in [-0.25, -0.2) is 14.7 Å². The monoisotopic (exact) mass is 685 g/mol. The molecule has 266 valence electrons. The SMILES string of the molecule is COc1ccc(N(C(=O)Oc2c(C)cccc2C)c2ccnc(Nc3cc(OC)c(OCCCN4CCN(C)CC4)c(OC)c3)c2)c(OC)c1. The number of anilines is 4. The van der Waals surface area contributed by atoms with Crippen LogP contribution in [0, 0.1) is 13.8 Å². The van der Waals surface area contributed by atoms with E-state index in [1.807, 2.05) is 44.2 Å². The summed E-state index contributed by atoms with van der Waals surface area (Å²) in [4.78, 5) is 24.8. The number of carbonyl (C=O) groups excluding carboxylic acids is 1. The molecule has 1 N–H and O–H groups in total. The lowest BCUT2D eigenvalue weighted by molar-refractivity contribution is 0.144. The van der Waals surface area contributed by atoms with E-state index in [1.54, 1.807) is 57.9 Å². The molecule has 12 nitrogen and oxygen atoms in total. The second-order valence-corrected chi connectivity index (χ2v) is 12.0. The van der Waals surface area contributed by atoms with Crippen LogP contribution in [0.4, 0.5) is 27.7 Å². The number of likely N-dealkylation sites (N-methyl/N-ethyl adjacent to an activating group) is 1. The summed E-state index contributed by atoms with van der Waals surface area (Å²) in [6.07, 6.45) is 1.87. The number of pyridine rings is 1. The number of aryl methyl sites for hydroxylation is 2. The topological polar surface area (TPSA) is 107 Å².